The van der Waals surface area contributed by atoms with Crippen LogP contribution in [0.25, 0.3) is 0 Å². The maximum absolute atomic E-state index is 11.0. The number of hydrogen-bond acceptors (Lipinski definition) is 5. The number of nitrogens with one attached hydrogen (secondary N) is 2. The molecule has 1 fully saturated rings. The highest BCUT2D eigenvalue weighted by Gasteiger charge is 2.20. The second kappa shape index (κ2) is 4.70. The monoisotopic (exact) mass is 255 g/mol. The SMILES string of the molecule is Cc1sc(NC2CCC(=O)NC2)nc1C(=O)O. The zero-order valence-electron chi connectivity index (χ0n) is 9.32. The van der Waals surface area contributed by atoms with E-state index in [2.05, 4.69) is 15.6 Å². The summed E-state index contributed by atoms with van der Waals surface area (Å²) in [6.07, 6.45) is 1.24. The number of piperidine rings is 1. The number of aromatic nitrogens is 1. The van der Waals surface area contributed by atoms with Gasteiger partial charge in [-0.15, -0.1) is 11.3 Å². The quantitative estimate of drug-likeness (QED) is 0.744. The molecule has 2 heterocycles. The van der Waals surface area contributed by atoms with Gasteiger partial charge in [0.2, 0.25) is 5.91 Å². The van der Waals surface area contributed by atoms with Gasteiger partial charge < -0.3 is 15.7 Å². The lowest BCUT2D eigenvalue weighted by Crippen LogP contribution is -2.41. The van der Waals surface area contributed by atoms with Gasteiger partial charge in [-0.05, 0) is 13.3 Å². The number of aryl methyl sites for hydroxylation is 1. The van der Waals surface area contributed by atoms with Gasteiger partial charge in [0.1, 0.15) is 0 Å². The van der Waals surface area contributed by atoms with Crippen LogP contribution in [0.1, 0.15) is 28.2 Å². The molecule has 17 heavy (non-hydrogen) atoms. The van der Waals surface area contributed by atoms with Crippen molar-refractivity contribution in [2.45, 2.75) is 25.8 Å². The molecule has 0 aromatic carbocycles. The second-order valence-corrected chi connectivity index (χ2v) is 5.12. The van der Waals surface area contributed by atoms with Gasteiger partial charge in [-0.1, -0.05) is 0 Å². The molecule has 0 saturated carbocycles. The molecule has 1 aromatic rings. The van der Waals surface area contributed by atoms with Crippen molar-refractivity contribution in [3.8, 4) is 0 Å². The third-order valence-corrected chi connectivity index (χ3v) is 3.49. The average Bonchev–Trinajstić information content (AvgIpc) is 2.63. The van der Waals surface area contributed by atoms with E-state index < -0.39 is 5.97 Å². The van der Waals surface area contributed by atoms with E-state index in [9.17, 15) is 9.59 Å². The molecule has 1 saturated heterocycles. The number of carbonyl (C=O) groups is 2. The summed E-state index contributed by atoms with van der Waals surface area (Å²) in [6.45, 7) is 2.29. The normalized spacial score (nSPS) is 19.8. The molecular weight excluding hydrogens is 242 g/mol. The van der Waals surface area contributed by atoms with Crippen molar-refractivity contribution in [1.29, 1.82) is 0 Å². The fourth-order valence-corrected chi connectivity index (χ4v) is 2.57. The van der Waals surface area contributed by atoms with Gasteiger partial charge in [0.25, 0.3) is 0 Å². The standard InChI is InChI=1S/C10H13N3O3S/c1-5-8(9(15)16)13-10(17-5)12-6-2-3-7(14)11-4-6/h6H,2-4H2,1H3,(H,11,14)(H,12,13)(H,15,16). The molecule has 92 valence electrons. The number of carbonyl (C=O) groups excluding carboxylic acids is 1. The minimum Gasteiger partial charge on any atom is -0.476 e. The molecule has 0 radical (unpaired) electrons. The van der Waals surface area contributed by atoms with Gasteiger partial charge in [-0.3, -0.25) is 4.79 Å². The highest BCUT2D eigenvalue weighted by atomic mass is 32.1. The predicted molar refractivity (Wildman–Crippen MR) is 63.5 cm³/mol. The third kappa shape index (κ3) is 2.73. The summed E-state index contributed by atoms with van der Waals surface area (Å²) in [4.78, 5) is 26.5. The van der Waals surface area contributed by atoms with Gasteiger partial charge in [-0.25, -0.2) is 9.78 Å². The lowest BCUT2D eigenvalue weighted by Gasteiger charge is -2.22. The first kappa shape index (κ1) is 11.8. The third-order valence-electron chi connectivity index (χ3n) is 2.59. The Morgan fingerprint density at radius 3 is 2.94 bits per heavy atom. The van der Waals surface area contributed by atoms with Gasteiger partial charge in [-0.2, -0.15) is 0 Å². The predicted octanol–water partition coefficient (Wildman–Crippen LogP) is 0.840. The summed E-state index contributed by atoms with van der Waals surface area (Å²) in [7, 11) is 0. The summed E-state index contributed by atoms with van der Waals surface area (Å²) in [5.41, 5.74) is 0.0948. The van der Waals surface area contributed by atoms with E-state index in [1.165, 1.54) is 11.3 Å². The Kier molecular flexibility index (Phi) is 3.28. The van der Waals surface area contributed by atoms with Crippen LogP contribution >= 0.6 is 11.3 Å². The fraction of sp³-hybridized carbons (Fsp3) is 0.500. The van der Waals surface area contributed by atoms with Crippen LogP contribution in [0.2, 0.25) is 0 Å². The Hall–Kier alpha value is -1.63. The van der Waals surface area contributed by atoms with Crippen LogP contribution in [0.4, 0.5) is 5.13 Å². The number of thiazole rings is 1. The molecule has 1 aliphatic rings. The van der Waals surface area contributed by atoms with Crippen molar-refractivity contribution in [2.24, 2.45) is 0 Å². The van der Waals surface area contributed by atoms with Crippen LogP contribution in [-0.2, 0) is 4.79 Å². The lowest BCUT2D eigenvalue weighted by atomic mass is 10.1. The van der Waals surface area contributed by atoms with Crippen LogP contribution in [0.3, 0.4) is 0 Å². The highest BCUT2D eigenvalue weighted by Crippen LogP contribution is 2.23. The van der Waals surface area contributed by atoms with E-state index in [0.29, 0.717) is 23.0 Å². The number of aromatic carboxylic acids is 1. The summed E-state index contributed by atoms with van der Waals surface area (Å²) in [5, 5.41) is 15.4. The number of carboxylic acids is 1. The number of hydrogen-bond donors (Lipinski definition) is 3. The summed E-state index contributed by atoms with van der Waals surface area (Å²) >= 11 is 1.32. The maximum Gasteiger partial charge on any atom is 0.355 e. The number of anilines is 1. The Labute approximate surface area is 102 Å². The number of nitrogens with zero attached hydrogens (tertiary/aromatic N) is 1. The van der Waals surface area contributed by atoms with E-state index >= 15 is 0 Å². The van der Waals surface area contributed by atoms with Crippen LogP contribution in [0.5, 0.6) is 0 Å². The van der Waals surface area contributed by atoms with Gasteiger partial charge >= 0.3 is 5.97 Å². The molecule has 1 aliphatic heterocycles. The molecule has 1 aromatic heterocycles. The molecule has 1 atom stereocenters. The number of amides is 1. The van der Waals surface area contributed by atoms with E-state index in [-0.39, 0.29) is 17.6 Å². The molecule has 7 heteroatoms. The first-order chi connectivity index (χ1) is 8.06. The first-order valence-corrected chi connectivity index (χ1v) is 6.12. The molecule has 3 N–H and O–H groups in total. The van der Waals surface area contributed by atoms with Crippen molar-refractivity contribution in [1.82, 2.24) is 10.3 Å². The second-order valence-electron chi connectivity index (χ2n) is 3.91. The molecule has 1 unspecified atom stereocenters. The molecule has 0 bridgehead atoms. The van der Waals surface area contributed by atoms with E-state index in [1.807, 2.05) is 0 Å². The van der Waals surface area contributed by atoms with Crippen molar-refractivity contribution in [2.75, 3.05) is 11.9 Å². The lowest BCUT2D eigenvalue weighted by molar-refractivity contribution is -0.122. The summed E-state index contributed by atoms with van der Waals surface area (Å²) in [6, 6.07) is 0.125. The summed E-state index contributed by atoms with van der Waals surface area (Å²) in [5.74, 6) is -0.951. The topological polar surface area (TPSA) is 91.3 Å². The number of rotatable bonds is 3. The minimum atomic E-state index is -1.01. The molecule has 1 amide bonds. The Morgan fingerprint density at radius 1 is 1.65 bits per heavy atom. The van der Waals surface area contributed by atoms with E-state index in [0.717, 1.165) is 6.42 Å². The average molecular weight is 255 g/mol. The van der Waals surface area contributed by atoms with Crippen molar-refractivity contribution in [3.63, 3.8) is 0 Å². The van der Waals surface area contributed by atoms with Crippen LogP contribution in [0, 0.1) is 6.92 Å². The zero-order valence-corrected chi connectivity index (χ0v) is 10.1. The van der Waals surface area contributed by atoms with Crippen molar-refractivity contribution in [3.05, 3.63) is 10.6 Å². The van der Waals surface area contributed by atoms with Crippen LogP contribution < -0.4 is 10.6 Å². The first-order valence-electron chi connectivity index (χ1n) is 5.30. The Morgan fingerprint density at radius 2 is 2.41 bits per heavy atom. The van der Waals surface area contributed by atoms with Crippen LogP contribution in [0.15, 0.2) is 0 Å². The summed E-state index contributed by atoms with van der Waals surface area (Å²) < 4.78 is 0. The maximum atomic E-state index is 11.0. The smallest absolute Gasteiger partial charge is 0.355 e. The molecule has 0 spiro atoms. The van der Waals surface area contributed by atoms with Gasteiger partial charge in [0.05, 0.1) is 0 Å². The van der Waals surface area contributed by atoms with E-state index in [4.69, 9.17) is 5.11 Å². The van der Waals surface area contributed by atoms with Crippen molar-refractivity contribution < 1.29 is 14.7 Å². The van der Waals surface area contributed by atoms with E-state index in [1.54, 1.807) is 6.92 Å². The highest BCUT2D eigenvalue weighted by molar-refractivity contribution is 7.15. The zero-order chi connectivity index (χ0) is 12.4. The Balaban J connectivity index is 2.01. The van der Waals surface area contributed by atoms with Crippen molar-refractivity contribution >= 4 is 28.3 Å². The molecule has 0 aliphatic carbocycles. The van der Waals surface area contributed by atoms with Gasteiger partial charge in [0.15, 0.2) is 10.8 Å². The van der Waals surface area contributed by atoms with Crippen LogP contribution in [-0.4, -0.2) is 34.6 Å². The minimum absolute atomic E-state index is 0.0598. The molecule has 2 rings (SSSR count). The molecule has 6 nitrogen and oxygen atoms in total. The molecular formula is C10H13N3O3S. The largest absolute Gasteiger partial charge is 0.476 e. The fourth-order valence-electron chi connectivity index (χ4n) is 1.69. The number of carboxylic acid groups (broad SMARTS) is 1. The van der Waals surface area contributed by atoms with Gasteiger partial charge in [0, 0.05) is 23.9 Å². The Bertz CT molecular complexity index is 448.